The third-order valence-corrected chi connectivity index (χ3v) is 5.70. The second kappa shape index (κ2) is 13.6. The number of carbonyl (C=O) groups excluding carboxylic acids is 2. The lowest BCUT2D eigenvalue weighted by molar-refractivity contribution is -0.123. The maximum atomic E-state index is 12.5. The van der Waals surface area contributed by atoms with Crippen LogP contribution in [0.5, 0.6) is 11.5 Å². The Bertz CT molecular complexity index is 1360. The summed E-state index contributed by atoms with van der Waals surface area (Å²) in [6, 6.07) is 34.0. The predicted octanol–water partition coefficient (Wildman–Crippen LogP) is 4.69. The highest BCUT2D eigenvalue weighted by atomic mass is 32.1. The van der Waals surface area contributed by atoms with E-state index in [-0.39, 0.29) is 11.7 Å². The maximum absolute atomic E-state index is 12.5. The Morgan fingerprint density at radius 3 is 2.11 bits per heavy atom. The number of para-hydroxylation sites is 1. The molecule has 0 aliphatic carbocycles. The van der Waals surface area contributed by atoms with E-state index in [1.54, 1.807) is 30.3 Å². The topological polar surface area (TPSA) is 88.7 Å². The molecule has 0 bridgehead atoms. The molecular weight excluding hydrogens is 498 g/mol. The van der Waals surface area contributed by atoms with Crippen LogP contribution >= 0.6 is 12.2 Å². The number of amides is 2. The van der Waals surface area contributed by atoms with E-state index in [9.17, 15) is 9.59 Å². The lowest BCUT2D eigenvalue weighted by Gasteiger charge is -2.13. The molecule has 3 N–H and O–H groups in total. The molecule has 0 saturated heterocycles. The molecule has 0 unspecified atom stereocenters. The molecule has 4 rings (SSSR count). The van der Waals surface area contributed by atoms with Gasteiger partial charge in [0.2, 0.25) is 0 Å². The number of hydrogen-bond donors (Lipinski definition) is 3. The SMILES string of the molecule is O=C(COc1ccccc1-c1ccccc1)NNC(=S)NC(=O)c1ccc(OCCc2ccccc2)cc1. The fourth-order valence-electron chi connectivity index (χ4n) is 3.60. The van der Waals surface area contributed by atoms with E-state index in [2.05, 4.69) is 16.2 Å². The Balaban J connectivity index is 1.18. The zero-order chi connectivity index (χ0) is 26.6. The first-order valence-electron chi connectivity index (χ1n) is 12.0. The number of benzene rings is 4. The predicted molar refractivity (Wildman–Crippen MR) is 151 cm³/mol. The third kappa shape index (κ3) is 7.91. The number of ether oxygens (including phenoxy) is 2. The van der Waals surface area contributed by atoms with Gasteiger partial charge in [0, 0.05) is 17.5 Å². The van der Waals surface area contributed by atoms with Crippen LogP contribution < -0.4 is 25.6 Å². The van der Waals surface area contributed by atoms with Gasteiger partial charge in [-0.2, -0.15) is 0 Å². The summed E-state index contributed by atoms with van der Waals surface area (Å²) in [4.78, 5) is 24.7. The molecule has 0 radical (unpaired) electrons. The van der Waals surface area contributed by atoms with Crippen LogP contribution in [-0.4, -0.2) is 30.1 Å². The quantitative estimate of drug-likeness (QED) is 0.217. The summed E-state index contributed by atoms with van der Waals surface area (Å²) in [5.74, 6) is 0.374. The molecule has 0 aromatic heterocycles. The van der Waals surface area contributed by atoms with Crippen molar-refractivity contribution in [2.45, 2.75) is 6.42 Å². The van der Waals surface area contributed by atoms with Crippen LogP contribution in [0.2, 0.25) is 0 Å². The summed E-state index contributed by atoms with van der Waals surface area (Å²) in [5, 5.41) is 2.48. The molecule has 8 heteroatoms. The molecule has 0 aliphatic heterocycles. The fraction of sp³-hybridized carbons (Fsp3) is 0.100. The summed E-state index contributed by atoms with van der Waals surface area (Å²) in [6.45, 7) is 0.296. The summed E-state index contributed by atoms with van der Waals surface area (Å²) in [7, 11) is 0. The molecule has 0 saturated carbocycles. The molecule has 38 heavy (non-hydrogen) atoms. The van der Waals surface area contributed by atoms with Crippen molar-refractivity contribution in [2.24, 2.45) is 0 Å². The summed E-state index contributed by atoms with van der Waals surface area (Å²) >= 11 is 5.12. The van der Waals surface area contributed by atoms with Gasteiger partial charge >= 0.3 is 0 Å². The fourth-order valence-corrected chi connectivity index (χ4v) is 3.74. The van der Waals surface area contributed by atoms with Gasteiger partial charge in [-0.25, -0.2) is 0 Å². The highest BCUT2D eigenvalue weighted by molar-refractivity contribution is 7.80. The first kappa shape index (κ1) is 26.4. The van der Waals surface area contributed by atoms with Gasteiger partial charge in [-0.1, -0.05) is 78.9 Å². The van der Waals surface area contributed by atoms with E-state index >= 15 is 0 Å². The third-order valence-electron chi connectivity index (χ3n) is 5.49. The lowest BCUT2D eigenvalue weighted by Crippen LogP contribution is -2.49. The van der Waals surface area contributed by atoms with Crippen LogP contribution in [0.4, 0.5) is 0 Å². The zero-order valence-electron chi connectivity index (χ0n) is 20.6. The van der Waals surface area contributed by atoms with Crippen molar-refractivity contribution in [3.8, 4) is 22.6 Å². The standard InChI is InChI=1S/C30H27N3O4S/c34-28(21-37-27-14-8-7-13-26(27)23-11-5-2-6-12-23)32-33-30(38)31-29(35)24-15-17-25(18-16-24)36-20-19-22-9-3-1-4-10-22/h1-18H,19-21H2,(H,32,34)(H2,31,33,35,38). The highest BCUT2D eigenvalue weighted by Gasteiger charge is 2.11. The lowest BCUT2D eigenvalue weighted by atomic mass is 10.1. The van der Waals surface area contributed by atoms with Crippen LogP contribution in [-0.2, 0) is 11.2 Å². The van der Waals surface area contributed by atoms with Gasteiger partial charge in [-0.3, -0.25) is 25.8 Å². The maximum Gasteiger partial charge on any atom is 0.276 e. The molecular formula is C30H27N3O4S. The van der Waals surface area contributed by atoms with E-state index in [0.717, 1.165) is 17.5 Å². The van der Waals surface area contributed by atoms with E-state index in [1.807, 2.05) is 78.9 Å². The Labute approximate surface area is 226 Å². The molecule has 7 nitrogen and oxygen atoms in total. The molecule has 4 aromatic carbocycles. The van der Waals surface area contributed by atoms with Crippen molar-refractivity contribution in [3.05, 3.63) is 120 Å². The minimum Gasteiger partial charge on any atom is -0.493 e. The Kier molecular flexibility index (Phi) is 9.42. The van der Waals surface area contributed by atoms with Crippen molar-refractivity contribution in [2.75, 3.05) is 13.2 Å². The smallest absolute Gasteiger partial charge is 0.276 e. The number of hydrogen-bond acceptors (Lipinski definition) is 5. The van der Waals surface area contributed by atoms with Gasteiger partial charge in [0.05, 0.1) is 6.61 Å². The number of rotatable bonds is 9. The second-order valence-corrected chi connectivity index (χ2v) is 8.62. The van der Waals surface area contributed by atoms with E-state index in [1.165, 1.54) is 5.56 Å². The van der Waals surface area contributed by atoms with Gasteiger partial charge in [0.15, 0.2) is 11.7 Å². The molecule has 0 spiro atoms. The van der Waals surface area contributed by atoms with Gasteiger partial charge in [-0.15, -0.1) is 0 Å². The molecule has 0 atom stereocenters. The second-order valence-electron chi connectivity index (χ2n) is 8.22. The van der Waals surface area contributed by atoms with E-state index < -0.39 is 11.8 Å². The largest absolute Gasteiger partial charge is 0.493 e. The van der Waals surface area contributed by atoms with Crippen LogP contribution in [0.3, 0.4) is 0 Å². The Morgan fingerprint density at radius 1 is 0.711 bits per heavy atom. The Morgan fingerprint density at radius 2 is 1.37 bits per heavy atom. The van der Waals surface area contributed by atoms with E-state index in [0.29, 0.717) is 23.7 Å². The highest BCUT2D eigenvalue weighted by Crippen LogP contribution is 2.29. The van der Waals surface area contributed by atoms with Crippen molar-refractivity contribution in [1.29, 1.82) is 0 Å². The molecule has 4 aromatic rings. The van der Waals surface area contributed by atoms with Crippen LogP contribution in [0.15, 0.2) is 109 Å². The van der Waals surface area contributed by atoms with Crippen molar-refractivity contribution < 1.29 is 19.1 Å². The normalized spacial score (nSPS) is 10.2. The summed E-state index contributed by atoms with van der Waals surface area (Å²) in [6.07, 6.45) is 0.791. The average Bonchev–Trinajstić information content (AvgIpc) is 2.96. The summed E-state index contributed by atoms with van der Waals surface area (Å²) in [5.41, 5.74) is 8.40. The van der Waals surface area contributed by atoms with Gasteiger partial charge < -0.3 is 9.47 Å². The number of hydrazine groups is 1. The van der Waals surface area contributed by atoms with Crippen LogP contribution in [0.1, 0.15) is 15.9 Å². The molecule has 0 heterocycles. The van der Waals surface area contributed by atoms with Crippen molar-refractivity contribution in [1.82, 2.24) is 16.2 Å². The molecule has 192 valence electrons. The minimum atomic E-state index is -0.457. The minimum absolute atomic E-state index is 0.0452. The first-order chi connectivity index (χ1) is 18.6. The average molecular weight is 526 g/mol. The Hall–Kier alpha value is -4.69. The first-order valence-corrected chi connectivity index (χ1v) is 12.4. The number of nitrogens with one attached hydrogen (secondary N) is 3. The zero-order valence-corrected chi connectivity index (χ0v) is 21.4. The molecule has 0 fully saturated rings. The van der Waals surface area contributed by atoms with Crippen molar-refractivity contribution in [3.63, 3.8) is 0 Å². The number of thiocarbonyl (C=S) groups is 1. The monoisotopic (exact) mass is 525 g/mol. The van der Waals surface area contributed by atoms with Gasteiger partial charge in [-0.05, 0) is 53.7 Å². The summed E-state index contributed by atoms with van der Waals surface area (Å²) < 4.78 is 11.5. The van der Waals surface area contributed by atoms with Crippen LogP contribution in [0.25, 0.3) is 11.1 Å². The van der Waals surface area contributed by atoms with Gasteiger partial charge in [0.25, 0.3) is 11.8 Å². The van der Waals surface area contributed by atoms with Gasteiger partial charge in [0.1, 0.15) is 11.5 Å². The van der Waals surface area contributed by atoms with E-state index in [4.69, 9.17) is 21.7 Å². The molecule has 0 aliphatic rings. The van der Waals surface area contributed by atoms with Crippen LogP contribution in [0, 0.1) is 0 Å². The van der Waals surface area contributed by atoms with Crippen molar-refractivity contribution >= 4 is 29.1 Å². The molecule has 2 amide bonds. The number of carbonyl (C=O) groups is 2.